The van der Waals surface area contributed by atoms with Crippen molar-refractivity contribution in [2.75, 3.05) is 0 Å². The van der Waals surface area contributed by atoms with Gasteiger partial charge in [-0.2, -0.15) is 0 Å². The van der Waals surface area contributed by atoms with Gasteiger partial charge in [-0.25, -0.2) is 0 Å². The topological polar surface area (TPSA) is 12.4 Å². The van der Waals surface area contributed by atoms with Gasteiger partial charge in [0.05, 0.1) is 5.70 Å². The summed E-state index contributed by atoms with van der Waals surface area (Å²) < 4.78 is 0. The van der Waals surface area contributed by atoms with E-state index >= 15 is 0 Å². The second-order valence-corrected chi connectivity index (χ2v) is 5.43. The largest absolute Gasteiger partial charge is 0.252 e. The Morgan fingerprint density at radius 2 is 1.39 bits per heavy atom. The fourth-order valence-corrected chi connectivity index (χ4v) is 2.35. The second kappa shape index (κ2) is 8.09. The summed E-state index contributed by atoms with van der Waals surface area (Å²) in [5, 5.41) is 0. The molecule has 0 aliphatic heterocycles. The van der Waals surface area contributed by atoms with Gasteiger partial charge in [-0.3, -0.25) is 4.99 Å². The maximum absolute atomic E-state index is 4.92. The van der Waals surface area contributed by atoms with Crippen LogP contribution in [-0.4, -0.2) is 5.71 Å². The van der Waals surface area contributed by atoms with Crippen molar-refractivity contribution in [2.45, 2.75) is 20.8 Å². The molecule has 0 heterocycles. The number of hydrogen-bond acceptors (Lipinski definition) is 1. The molecular weight excluding hydrogens is 278 g/mol. The molecule has 2 aromatic carbocycles. The van der Waals surface area contributed by atoms with Gasteiger partial charge in [0.15, 0.2) is 0 Å². The summed E-state index contributed by atoms with van der Waals surface area (Å²) in [5.74, 6) is 0. The molecule has 0 aliphatic rings. The lowest BCUT2D eigenvalue weighted by Crippen LogP contribution is -1.97. The molecule has 1 heteroatoms. The van der Waals surface area contributed by atoms with E-state index in [0.29, 0.717) is 0 Å². The lowest BCUT2D eigenvalue weighted by atomic mass is 10.0. The summed E-state index contributed by atoms with van der Waals surface area (Å²) in [6.45, 7) is 10.3. The van der Waals surface area contributed by atoms with Crippen LogP contribution >= 0.6 is 0 Å². The molecule has 0 amide bonds. The normalized spacial score (nSPS) is 13.1. The van der Waals surface area contributed by atoms with Crippen molar-refractivity contribution in [2.24, 2.45) is 4.99 Å². The molecule has 0 saturated carbocycles. The fraction of sp³-hybridized carbons (Fsp3) is 0.136. The standard InChI is InChI=1S/C22H23N/c1-5-12-17(2)18(3)22(21-15-10-7-11-16-21)23-19(4)20-13-8-6-9-14-20/h5-16H,2H2,1,3-4H3/b12-5-,22-18-,23-19?. The number of aliphatic imine (C=N–C) groups is 1. The first-order chi connectivity index (χ1) is 11.1. The third kappa shape index (κ3) is 4.40. The maximum atomic E-state index is 4.92. The van der Waals surface area contributed by atoms with Gasteiger partial charge in [-0.05, 0) is 37.5 Å². The first kappa shape index (κ1) is 16.7. The molecule has 0 radical (unpaired) electrons. The van der Waals surface area contributed by atoms with E-state index in [1.807, 2.05) is 62.4 Å². The van der Waals surface area contributed by atoms with Gasteiger partial charge in [0, 0.05) is 11.3 Å². The zero-order valence-corrected chi connectivity index (χ0v) is 14.1. The van der Waals surface area contributed by atoms with Crippen LogP contribution in [0.4, 0.5) is 0 Å². The lowest BCUT2D eigenvalue weighted by molar-refractivity contribution is 1.36. The average Bonchev–Trinajstić information content (AvgIpc) is 2.60. The molecular formula is C22H23N. The highest BCUT2D eigenvalue weighted by atomic mass is 14.8. The van der Waals surface area contributed by atoms with Crippen LogP contribution in [0.1, 0.15) is 31.9 Å². The van der Waals surface area contributed by atoms with Gasteiger partial charge in [-0.15, -0.1) is 0 Å². The molecule has 0 unspecified atom stereocenters. The van der Waals surface area contributed by atoms with Gasteiger partial charge in [-0.1, -0.05) is 79.4 Å². The molecule has 0 saturated heterocycles. The molecule has 2 rings (SSSR count). The van der Waals surface area contributed by atoms with Crippen LogP contribution < -0.4 is 0 Å². The van der Waals surface area contributed by atoms with E-state index in [0.717, 1.165) is 33.7 Å². The number of nitrogens with zero attached hydrogens (tertiary/aromatic N) is 1. The van der Waals surface area contributed by atoms with Crippen LogP contribution in [0.25, 0.3) is 5.70 Å². The van der Waals surface area contributed by atoms with E-state index < -0.39 is 0 Å². The number of hydrogen-bond donors (Lipinski definition) is 0. The summed E-state index contributed by atoms with van der Waals surface area (Å²) in [4.78, 5) is 4.92. The Labute approximate surface area is 139 Å². The number of allylic oxidation sites excluding steroid dienone is 4. The van der Waals surface area contributed by atoms with E-state index in [1.165, 1.54) is 0 Å². The first-order valence-electron chi connectivity index (χ1n) is 7.82. The number of benzene rings is 2. The Bertz CT molecular complexity index is 747. The molecule has 0 fully saturated rings. The zero-order valence-electron chi connectivity index (χ0n) is 14.1. The quantitative estimate of drug-likeness (QED) is 0.470. The van der Waals surface area contributed by atoms with Crippen molar-refractivity contribution in [1.29, 1.82) is 0 Å². The summed E-state index contributed by atoms with van der Waals surface area (Å²) >= 11 is 0. The zero-order chi connectivity index (χ0) is 16.7. The number of rotatable bonds is 5. The Morgan fingerprint density at radius 3 is 1.91 bits per heavy atom. The Morgan fingerprint density at radius 1 is 0.870 bits per heavy atom. The first-order valence-corrected chi connectivity index (χ1v) is 7.82. The van der Waals surface area contributed by atoms with Crippen LogP contribution in [-0.2, 0) is 0 Å². The van der Waals surface area contributed by atoms with Gasteiger partial charge < -0.3 is 0 Å². The molecule has 0 aromatic heterocycles. The third-order valence-electron chi connectivity index (χ3n) is 3.72. The van der Waals surface area contributed by atoms with Crippen molar-refractivity contribution in [3.05, 3.63) is 102 Å². The molecule has 0 N–H and O–H groups in total. The minimum absolute atomic E-state index is 0.968. The lowest BCUT2D eigenvalue weighted by Gasteiger charge is -2.11. The highest BCUT2D eigenvalue weighted by molar-refractivity contribution is 6.02. The predicted molar refractivity (Wildman–Crippen MR) is 102 cm³/mol. The van der Waals surface area contributed by atoms with Crippen LogP contribution in [0.15, 0.2) is 95.5 Å². The summed E-state index contributed by atoms with van der Waals surface area (Å²) in [6, 6.07) is 20.5. The molecule has 0 aliphatic carbocycles. The van der Waals surface area contributed by atoms with Crippen LogP contribution in [0.3, 0.4) is 0 Å². The van der Waals surface area contributed by atoms with Gasteiger partial charge in [0.1, 0.15) is 0 Å². The van der Waals surface area contributed by atoms with Crippen molar-refractivity contribution in [1.82, 2.24) is 0 Å². The van der Waals surface area contributed by atoms with E-state index in [2.05, 4.69) is 37.8 Å². The molecule has 0 atom stereocenters. The van der Waals surface area contributed by atoms with Gasteiger partial charge in [0.2, 0.25) is 0 Å². The minimum Gasteiger partial charge on any atom is -0.252 e. The minimum atomic E-state index is 0.968. The van der Waals surface area contributed by atoms with Crippen LogP contribution in [0, 0.1) is 0 Å². The maximum Gasteiger partial charge on any atom is 0.0740 e. The van der Waals surface area contributed by atoms with Gasteiger partial charge >= 0.3 is 0 Å². The van der Waals surface area contributed by atoms with Crippen molar-refractivity contribution >= 4 is 11.4 Å². The monoisotopic (exact) mass is 301 g/mol. The van der Waals surface area contributed by atoms with E-state index in [9.17, 15) is 0 Å². The Hall–Kier alpha value is -2.67. The third-order valence-corrected chi connectivity index (χ3v) is 3.72. The van der Waals surface area contributed by atoms with Crippen LogP contribution in [0.5, 0.6) is 0 Å². The Kier molecular flexibility index (Phi) is 5.87. The van der Waals surface area contributed by atoms with Crippen molar-refractivity contribution in [3.8, 4) is 0 Å². The van der Waals surface area contributed by atoms with Crippen molar-refractivity contribution in [3.63, 3.8) is 0 Å². The summed E-state index contributed by atoms with van der Waals surface area (Å²) in [5.41, 5.74) is 6.27. The average molecular weight is 301 g/mol. The summed E-state index contributed by atoms with van der Waals surface area (Å²) in [6.07, 6.45) is 4.02. The molecule has 23 heavy (non-hydrogen) atoms. The molecule has 116 valence electrons. The Balaban J connectivity index is 2.55. The van der Waals surface area contributed by atoms with Gasteiger partial charge in [0.25, 0.3) is 0 Å². The molecule has 0 spiro atoms. The molecule has 0 bridgehead atoms. The van der Waals surface area contributed by atoms with E-state index in [4.69, 9.17) is 4.99 Å². The highest BCUT2D eigenvalue weighted by Gasteiger charge is 2.08. The van der Waals surface area contributed by atoms with Crippen LogP contribution in [0.2, 0.25) is 0 Å². The fourth-order valence-electron chi connectivity index (χ4n) is 2.35. The van der Waals surface area contributed by atoms with E-state index in [-0.39, 0.29) is 0 Å². The molecule has 1 nitrogen and oxygen atoms in total. The second-order valence-electron chi connectivity index (χ2n) is 5.43. The molecule has 2 aromatic rings. The predicted octanol–water partition coefficient (Wildman–Crippen LogP) is 6.06. The van der Waals surface area contributed by atoms with Crippen molar-refractivity contribution < 1.29 is 0 Å². The smallest absolute Gasteiger partial charge is 0.0740 e. The summed E-state index contributed by atoms with van der Waals surface area (Å²) in [7, 11) is 0. The SMILES string of the molecule is C=C(/C=C\C)/C(C)=C(\N=C(C)c1ccccc1)c1ccccc1. The van der Waals surface area contributed by atoms with E-state index in [1.54, 1.807) is 0 Å². The highest BCUT2D eigenvalue weighted by Crippen LogP contribution is 2.25.